The van der Waals surface area contributed by atoms with Crippen LogP contribution in [0.4, 0.5) is 0 Å². The number of halogens is 1. The van der Waals surface area contributed by atoms with E-state index in [1.165, 1.54) is 0 Å². The Hall–Kier alpha value is -0.660. The first-order chi connectivity index (χ1) is 8.11. The van der Waals surface area contributed by atoms with Crippen molar-refractivity contribution >= 4 is 44.1 Å². The van der Waals surface area contributed by atoms with Crippen LogP contribution in [0.5, 0.6) is 5.75 Å². The van der Waals surface area contributed by atoms with Crippen LogP contribution in [0.15, 0.2) is 22.4 Å². The molecule has 0 bridgehead atoms. The van der Waals surface area contributed by atoms with Gasteiger partial charge in [-0.05, 0) is 28.6 Å². The van der Waals surface area contributed by atoms with Crippen molar-refractivity contribution < 1.29 is 13.5 Å². The first kappa shape index (κ1) is 12.8. The second-order valence-electron chi connectivity index (χ2n) is 3.26. The summed E-state index contributed by atoms with van der Waals surface area (Å²) in [6.07, 6.45) is 0. The number of nitrogens with two attached hydrogens (primary N) is 1. The molecule has 0 saturated carbocycles. The maximum absolute atomic E-state index is 10.9. The highest BCUT2D eigenvalue weighted by Crippen LogP contribution is 2.36. The zero-order chi connectivity index (χ0) is 12.4. The van der Waals surface area contributed by atoms with Crippen LogP contribution in [0.2, 0.25) is 5.02 Å². The van der Waals surface area contributed by atoms with Crippen LogP contribution >= 0.6 is 22.9 Å². The zero-order valence-electron chi connectivity index (χ0n) is 8.64. The topological polar surface area (TPSA) is 75.4 Å². The van der Waals surface area contributed by atoms with Crippen molar-refractivity contribution in [3.8, 4) is 5.75 Å². The van der Waals surface area contributed by atoms with E-state index in [0.29, 0.717) is 23.9 Å². The number of ether oxygens (including phenoxy) is 1. The highest BCUT2D eigenvalue weighted by atomic mass is 35.5. The lowest BCUT2D eigenvalue weighted by molar-refractivity contribution is 0.329. The van der Waals surface area contributed by atoms with Crippen LogP contribution in [0, 0.1) is 0 Å². The monoisotopic (exact) mass is 290 g/mol. The second-order valence-corrected chi connectivity index (χ2v) is 5.89. The van der Waals surface area contributed by atoms with Gasteiger partial charge < -0.3 is 15.0 Å². The number of rotatable bonds is 4. The molecule has 2 rings (SSSR count). The Morgan fingerprint density at radius 3 is 2.88 bits per heavy atom. The van der Waals surface area contributed by atoms with Crippen molar-refractivity contribution in [1.82, 2.24) is 0 Å². The molecule has 2 aromatic rings. The minimum absolute atomic E-state index is 0.262. The molecule has 0 radical (unpaired) electrons. The number of benzene rings is 1. The van der Waals surface area contributed by atoms with Gasteiger partial charge in [-0.2, -0.15) is 0 Å². The van der Waals surface area contributed by atoms with Gasteiger partial charge in [-0.15, -0.1) is 11.3 Å². The molecule has 0 fully saturated rings. The molecule has 1 heterocycles. The maximum atomic E-state index is 10.9. The predicted octanol–water partition coefficient (Wildman–Crippen LogP) is 2.13. The van der Waals surface area contributed by atoms with E-state index < -0.39 is 11.1 Å². The van der Waals surface area contributed by atoms with Crippen LogP contribution in [0.3, 0.4) is 0 Å². The van der Waals surface area contributed by atoms with Gasteiger partial charge in [0.25, 0.3) is 0 Å². The second kappa shape index (κ2) is 5.32. The Balaban J connectivity index is 2.45. The summed E-state index contributed by atoms with van der Waals surface area (Å²) in [6, 6.07) is 4.99. The van der Waals surface area contributed by atoms with E-state index in [1.807, 2.05) is 0 Å². The molecule has 0 spiro atoms. The molecular weight excluding hydrogens is 282 g/mol. The molecule has 17 heavy (non-hydrogen) atoms. The van der Waals surface area contributed by atoms with E-state index >= 15 is 0 Å². The van der Waals surface area contributed by atoms with Crippen LogP contribution in [0.1, 0.15) is 0 Å². The highest BCUT2D eigenvalue weighted by molar-refractivity contribution is 7.82. The fraction of sp³-hybridized carbons (Fsp3) is 0.200. The third-order valence-electron chi connectivity index (χ3n) is 2.07. The molecule has 0 aliphatic heterocycles. The Labute approximate surface area is 110 Å². The molecule has 1 aromatic carbocycles. The van der Waals surface area contributed by atoms with Gasteiger partial charge in [-0.25, -0.2) is 0 Å². The van der Waals surface area contributed by atoms with Crippen molar-refractivity contribution in [2.75, 3.05) is 13.2 Å². The summed E-state index contributed by atoms with van der Waals surface area (Å²) < 4.78 is 28.1. The smallest absolute Gasteiger partial charge is 0.121 e. The van der Waals surface area contributed by atoms with Gasteiger partial charge in [-0.1, -0.05) is 11.6 Å². The molecule has 1 unspecified atom stereocenters. The van der Waals surface area contributed by atoms with Gasteiger partial charge >= 0.3 is 0 Å². The van der Waals surface area contributed by atoms with Crippen LogP contribution < -0.4 is 10.5 Å². The van der Waals surface area contributed by atoms with Gasteiger partial charge in [0.05, 0.1) is 13.9 Å². The molecular formula is C10H9ClNO3S2-. The Kier molecular flexibility index (Phi) is 4.01. The number of thiophene rings is 1. The van der Waals surface area contributed by atoms with Gasteiger partial charge in [0, 0.05) is 12.6 Å². The fourth-order valence-corrected chi connectivity index (χ4v) is 3.26. The minimum Gasteiger partial charge on any atom is -0.768 e. The van der Waals surface area contributed by atoms with Crippen LogP contribution in [-0.4, -0.2) is 21.9 Å². The fourth-order valence-electron chi connectivity index (χ4n) is 1.40. The SMILES string of the molecule is NCCOc1cc(Cl)c2sc(S(=O)[O-])cc2c1. The van der Waals surface area contributed by atoms with E-state index in [0.717, 1.165) is 21.4 Å². The van der Waals surface area contributed by atoms with Crippen molar-refractivity contribution in [2.45, 2.75) is 4.21 Å². The summed E-state index contributed by atoms with van der Waals surface area (Å²) in [5.41, 5.74) is 5.33. The lowest BCUT2D eigenvalue weighted by Crippen LogP contribution is -2.10. The first-order valence-electron chi connectivity index (χ1n) is 4.77. The largest absolute Gasteiger partial charge is 0.768 e. The van der Waals surface area contributed by atoms with Gasteiger partial charge in [0.2, 0.25) is 0 Å². The summed E-state index contributed by atoms with van der Waals surface area (Å²) in [5, 5.41) is 1.24. The molecule has 0 amide bonds. The summed E-state index contributed by atoms with van der Waals surface area (Å²) in [6.45, 7) is 0.807. The molecule has 1 atom stereocenters. The van der Waals surface area contributed by atoms with E-state index in [-0.39, 0.29) is 4.21 Å². The molecule has 0 saturated heterocycles. The first-order valence-corrected chi connectivity index (χ1v) is 7.04. The van der Waals surface area contributed by atoms with E-state index in [9.17, 15) is 8.76 Å². The van der Waals surface area contributed by atoms with Gasteiger partial charge in [-0.3, -0.25) is 4.21 Å². The van der Waals surface area contributed by atoms with E-state index in [1.54, 1.807) is 18.2 Å². The lowest BCUT2D eigenvalue weighted by atomic mass is 10.2. The Bertz CT molecular complexity index is 570. The lowest BCUT2D eigenvalue weighted by Gasteiger charge is -2.05. The average molecular weight is 291 g/mol. The number of hydrogen-bond acceptors (Lipinski definition) is 5. The summed E-state index contributed by atoms with van der Waals surface area (Å²) in [7, 11) is 0. The average Bonchev–Trinajstić information content (AvgIpc) is 2.71. The van der Waals surface area contributed by atoms with Crippen LogP contribution in [0.25, 0.3) is 10.1 Å². The Morgan fingerprint density at radius 2 is 2.24 bits per heavy atom. The third-order valence-corrected chi connectivity index (χ3v) is 4.57. The third kappa shape index (κ3) is 2.78. The highest BCUT2D eigenvalue weighted by Gasteiger charge is 2.08. The number of fused-ring (bicyclic) bond motifs is 1. The normalized spacial score (nSPS) is 12.9. The van der Waals surface area contributed by atoms with Crippen molar-refractivity contribution in [1.29, 1.82) is 0 Å². The summed E-state index contributed by atoms with van der Waals surface area (Å²) >= 11 is 4.96. The molecule has 0 aliphatic carbocycles. The standard InChI is InChI=1S/C10H10ClNO3S2/c11-8-5-7(15-2-1-12)3-6-4-9(17(13)14)16-10(6)8/h3-5H,1-2,12H2,(H,13,14)/p-1. The quantitative estimate of drug-likeness (QED) is 0.875. The molecule has 0 aliphatic rings. The maximum Gasteiger partial charge on any atom is 0.121 e. The molecule has 2 N–H and O–H groups in total. The molecule has 92 valence electrons. The molecule has 4 nitrogen and oxygen atoms in total. The summed E-state index contributed by atoms with van der Waals surface area (Å²) in [4.78, 5) is 0. The van der Waals surface area contributed by atoms with Crippen molar-refractivity contribution in [3.63, 3.8) is 0 Å². The van der Waals surface area contributed by atoms with Gasteiger partial charge in [0.1, 0.15) is 12.4 Å². The minimum atomic E-state index is -2.23. The van der Waals surface area contributed by atoms with Crippen molar-refractivity contribution in [3.05, 3.63) is 23.2 Å². The predicted molar refractivity (Wildman–Crippen MR) is 68.6 cm³/mol. The summed E-state index contributed by atoms with van der Waals surface area (Å²) in [5.74, 6) is 0.592. The van der Waals surface area contributed by atoms with E-state index in [2.05, 4.69) is 0 Å². The van der Waals surface area contributed by atoms with Gasteiger partial charge in [0.15, 0.2) is 0 Å². The Morgan fingerprint density at radius 1 is 1.47 bits per heavy atom. The van der Waals surface area contributed by atoms with Crippen molar-refractivity contribution in [2.24, 2.45) is 5.73 Å². The van der Waals surface area contributed by atoms with Crippen LogP contribution in [-0.2, 0) is 11.1 Å². The number of hydrogen-bond donors (Lipinski definition) is 1. The van der Waals surface area contributed by atoms with E-state index in [4.69, 9.17) is 22.1 Å². The molecule has 7 heteroatoms. The zero-order valence-corrected chi connectivity index (χ0v) is 11.0. The molecule has 1 aromatic heterocycles.